The van der Waals surface area contributed by atoms with Crippen LogP contribution in [0.15, 0.2) is 18.2 Å². The van der Waals surface area contributed by atoms with Crippen molar-refractivity contribution < 1.29 is 4.79 Å². The number of rotatable bonds is 3. The summed E-state index contributed by atoms with van der Waals surface area (Å²) in [6, 6.07) is 5.27. The fourth-order valence-electron chi connectivity index (χ4n) is 1.03. The molecule has 0 heterocycles. The molecule has 82 valence electrons. The van der Waals surface area contributed by atoms with E-state index in [2.05, 4.69) is 27.9 Å². The van der Waals surface area contributed by atoms with Crippen LogP contribution in [0.25, 0.3) is 0 Å². The van der Waals surface area contributed by atoms with Gasteiger partial charge >= 0.3 is 0 Å². The highest BCUT2D eigenvalue weighted by Crippen LogP contribution is 2.18. The second-order valence-electron chi connectivity index (χ2n) is 3.23. The summed E-state index contributed by atoms with van der Waals surface area (Å²) < 4.78 is 0.975. The molecular weight excluding hydrogens is 326 g/mol. The largest absolute Gasteiger partial charge is 0.348 e. The molecule has 0 bridgehead atoms. The molecule has 1 atom stereocenters. The van der Waals surface area contributed by atoms with Crippen molar-refractivity contribution in [2.45, 2.75) is 13.0 Å². The second kappa shape index (κ2) is 5.67. The lowest BCUT2D eigenvalue weighted by Gasteiger charge is -2.12. The van der Waals surface area contributed by atoms with E-state index in [0.29, 0.717) is 17.1 Å². The SMILES string of the molecule is C[C@H](CN)NC(=O)c1cc(I)ccc1Cl. The zero-order valence-electron chi connectivity index (χ0n) is 8.26. The van der Waals surface area contributed by atoms with Gasteiger partial charge in [-0.05, 0) is 47.7 Å². The third-order valence-electron chi connectivity index (χ3n) is 1.90. The molecule has 1 amide bonds. The van der Waals surface area contributed by atoms with Crippen molar-refractivity contribution in [1.82, 2.24) is 5.32 Å². The topological polar surface area (TPSA) is 55.1 Å². The first-order valence-electron chi connectivity index (χ1n) is 4.50. The van der Waals surface area contributed by atoms with Crippen molar-refractivity contribution in [2.75, 3.05) is 6.54 Å². The third-order valence-corrected chi connectivity index (χ3v) is 2.90. The molecule has 1 aromatic carbocycles. The van der Waals surface area contributed by atoms with Gasteiger partial charge in [-0.15, -0.1) is 0 Å². The quantitative estimate of drug-likeness (QED) is 0.829. The number of hydrogen-bond acceptors (Lipinski definition) is 2. The zero-order valence-corrected chi connectivity index (χ0v) is 11.2. The average Bonchev–Trinajstić information content (AvgIpc) is 2.21. The Morgan fingerprint density at radius 1 is 1.67 bits per heavy atom. The van der Waals surface area contributed by atoms with Gasteiger partial charge in [-0.3, -0.25) is 4.79 Å². The van der Waals surface area contributed by atoms with Gasteiger partial charge in [0.05, 0.1) is 10.6 Å². The van der Waals surface area contributed by atoms with Crippen LogP contribution in [-0.2, 0) is 0 Å². The van der Waals surface area contributed by atoms with E-state index < -0.39 is 0 Å². The molecule has 15 heavy (non-hydrogen) atoms. The van der Waals surface area contributed by atoms with Crippen molar-refractivity contribution >= 4 is 40.1 Å². The lowest BCUT2D eigenvalue weighted by molar-refractivity contribution is 0.0941. The molecule has 0 saturated carbocycles. The minimum absolute atomic E-state index is 0.0496. The summed E-state index contributed by atoms with van der Waals surface area (Å²) in [5.41, 5.74) is 5.91. The van der Waals surface area contributed by atoms with Crippen molar-refractivity contribution in [1.29, 1.82) is 0 Å². The number of benzene rings is 1. The molecule has 3 nitrogen and oxygen atoms in total. The molecule has 0 aliphatic rings. The predicted octanol–water partition coefficient (Wildman–Crippen LogP) is 2.02. The Bertz CT molecular complexity index is 370. The van der Waals surface area contributed by atoms with Crippen molar-refractivity contribution in [2.24, 2.45) is 5.73 Å². The first kappa shape index (κ1) is 12.7. The molecule has 0 aromatic heterocycles. The van der Waals surface area contributed by atoms with Crippen LogP contribution in [0, 0.1) is 3.57 Å². The number of carbonyl (C=O) groups excluding carboxylic acids is 1. The Balaban J connectivity index is 2.86. The van der Waals surface area contributed by atoms with Gasteiger partial charge in [-0.25, -0.2) is 0 Å². The Morgan fingerprint density at radius 3 is 2.93 bits per heavy atom. The molecule has 1 aromatic rings. The van der Waals surface area contributed by atoms with E-state index in [1.165, 1.54) is 0 Å². The first-order valence-corrected chi connectivity index (χ1v) is 5.96. The van der Waals surface area contributed by atoms with Crippen LogP contribution in [0.5, 0.6) is 0 Å². The van der Waals surface area contributed by atoms with Crippen molar-refractivity contribution in [3.63, 3.8) is 0 Å². The van der Waals surface area contributed by atoms with Gasteiger partial charge in [0.2, 0.25) is 0 Å². The van der Waals surface area contributed by atoms with Gasteiger partial charge in [0.1, 0.15) is 0 Å². The monoisotopic (exact) mass is 338 g/mol. The van der Waals surface area contributed by atoms with Crippen LogP contribution in [-0.4, -0.2) is 18.5 Å². The van der Waals surface area contributed by atoms with Crippen molar-refractivity contribution in [3.05, 3.63) is 32.4 Å². The van der Waals surface area contributed by atoms with Gasteiger partial charge in [0, 0.05) is 16.2 Å². The van der Waals surface area contributed by atoms with Gasteiger partial charge in [-0.2, -0.15) is 0 Å². The van der Waals surface area contributed by atoms with Gasteiger partial charge in [0.25, 0.3) is 5.91 Å². The maximum absolute atomic E-state index is 11.7. The summed E-state index contributed by atoms with van der Waals surface area (Å²) in [5.74, 6) is -0.184. The first-order chi connectivity index (χ1) is 7.04. The molecule has 0 spiro atoms. The molecule has 0 radical (unpaired) electrons. The van der Waals surface area contributed by atoms with Gasteiger partial charge in [0.15, 0.2) is 0 Å². The Labute approximate surface area is 108 Å². The number of amides is 1. The highest BCUT2D eigenvalue weighted by Gasteiger charge is 2.12. The Hall–Kier alpha value is -0.330. The van der Waals surface area contributed by atoms with Crippen LogP contribution in [0.4, 0.5) is 0 Å². The fourth-order valence-corrected chi connectivity index (χ4v) is 1.73. The predicted molar refractivity (Wildman–Crippen MR) is 70.2 cm³/mol. The minimum atomic E-state index is -0.184. The molecule has 1 rings (SSSR count). The maximum atomic E-state index is 11.7. The second-order valence-corrected chi connectivity index (χ2v) is 4.89. The van der Waals surface area contributed by atoms with Crippen LogP contribution >= 0.6 is 34.2 Å². The van der Waals surface area contributed by atoms with E-state index in [1.807, 2.05) is 13.0 Å². The Kier molecular flexibility index (Phi) is 4.82. The number of halogens is 2. The van der Waals surface area contributed by atoms with Crippen LogP contribution in [0.3, 0.4) is 0 Å². The highest BCUT2D eigenvalue weighted by atomic mass is 127. The summed E-state index contributed by atoms with van der Waals surface area (Å²) in [4.78, 5) is 11.7. The van der Waals surface area contributed by atoms with E-state index in [-0.39, 0.29) is 11.9 Å². The lowest BCUT2D eigenvalue weighted by atomic mass is 10.2. The Morgan fingerprint density at radius 2 is 2.33 bits per heavy atom. The third kappa shape index (κ3) is 3.62. The van der Waals surface area contributed by atoms with E-state index in [4.69, 9.17) is 17.3 Å². The van der Waals surface area contributed by atoms with Crippen LogP contribution in [0.1, 0.15) is 17.3 Å². The maximum Gasteiger partial charge on any atom is 0.253 e. The summed E-state index contributed by atoms with van der Waals surface area (Å²) in [7, 11) is 0. The van der Waals surface area contributed by atoms with Gasteiger partial charge in [-0.1, -0.05) is 11.6 Å². The lowest BCUT2D eigenvalue weighted by Crippen LogP contribution is -2.37. The van der Waals surface area contributed by atoms with E-state index >= 15 is 0 Å². The smallest absolute Gasteiger partial charge is 0.253 e. The summed E-state index contributed by atoms with van der Waals surface area (Å²) in [6.45, 7) is 2.26. The molecule has 0 fully saturated rings. The molecule has 3 N–H and O–H groups in total. The molecule has 0 aliphatic heterocycles. The average molecular weight is 339 g/mol. The number of hydrogen-bond donors (Lipinski definition) is 2. The zero-order chi connectivity index (χ0) is 11.4. The summed E-state index contributed by atoms with van der Waals surface area (Å²) >= 11 is 8.06. The normalized spacial score (nSPS) is 12.3. The number of carbonyl (C=O) groups is 1. The summed E-state index contributed by atoms with van der Waals surface area (Å²) in [6.07, 6.45) is 0. The minimum Gasteiger partial charge on any atom is -0.348 e. The summed E-state index contributed by atoms with van der Waals surface area (Å²) in [5, 5.41) is 3.22. The standard InChI is InChI=1S/C10H12ClIN2O/c1-6(5-13)14-10(15)8-4-7(12)2-3-9(8)11/h2-4,6H,5,13H2,1H3,(H,14,15)/t6-/m1/s1. The van der Waals surface area contributed by atoms with E-state index in [9.17, 15) is 4.79 Å². The van der Waals surface area contributed by atoms with Crippen LogP contribution < -0.4 is 11.1 Å². The van der Waals surface area contributed by atoms with E-state index in [1.54, 1.807) is 12.1 Å². The van der Waals surface area contributed by atoms with Crippen molar-refractivity contribution in [3.8, 4) is 0 Å². The fraction of sp³-hybridized carbons (Fsp3) is 0.300. The van der Waals surface area contributed by atoms with Crippen LogP contribution in [0.2, 0.25) is 5.02 Å². The van der Waals surface area contributed by atoms with E-state index in [0.717, 1.165) is 3.57 Å². The molecule has 0 aliphatic carbocycles. The number of nitrogens with one attached hydrogen (secondary N) is 1. The van der Waals surface area contributed by atoms with Gasteiger partial charge < -0.3 is 11.1 Å². The molecule has 0 unspecified atom stereocenters. The molecule has 0 saturated heterocycles. The molecule has 5 heteroatoms. The molecular formula is C10H12ClIN2O. The highest BCUT2D eigenvalue weighted by molar-refractivity contribution is 14.1. The number of nitrogens with two attached hydrogens (primary N) is 1.